The number of nitrogens with zero attached hydrogens (tertiary/aromatic N) is 1. The lowest BCUT2D eigenvalue weighted by molar-refractivity contribution is -0.144. The molecule has 0 radical (unpaired) electrons. The second-order valence-corrected chi connectivity index (χ2v) is 9.41. The van der Waals surface area contributed by atoms with Crippen molar-refractivity contribution in [1.82, 2.24) is 4.90 Å². The second kappa shape index (κ2) is 10.3. The van der Waals surface area contributed by atoms with Gasteiger partial charge in [-0.15, -0.1) is 0 Å². The number of unbranched alkanes of at least 4 members (excludes halogenated alkanes) is 1. The van der Waals surface area contributed by atoms with Crippen LogP contribution >= 0.6 is 0 Å². The highest BCUT2D eigenvalue weighted by Crippen LogP contribution is 2.36. The molecule has 1 saturated heterocycles. The van der Waals surface area contributed by atoms with Crippen molar-refractivity contribution >= 4 is 17.8 Å². The summed E-state index contributed by atoms with van der Waals surface area (Å²) in [7, 11) is 0. The van der Waals surface area contributed by atoms with E-state index in [1.165, 1.54) is 11.0 Å². The molecule has 7 heteroatoms. The summed E-state index contributed by atoms with van der Waals surface area (Å²) < 4.78 is 11.5. The number of amides is 2. The Balaban J connectivity index is 1.97. The molecule has 7 nitrogen and oxygen atoms in total. The van der Waals surface area contributed by atoms with E-state index in [9.17, 15) is 14.4 Å². The maximum absolute atomic E-state index is 13.9. The molecular weight excluding hydrogens is 422 g/mol. The average Bonchev–Trinajstić information content (AvgIpc) is 3.02. The number of hydrogen-bond acceptors (Lipinski definition) is 6. The minimum atomic E-state index is -1.06. The number of benzene rings is 1. The molecule has 1 aromatic rings. The highest BCUT2D eigenvalue weighted by atomic mass is 16.6. The van der Waals surface area contributed by atoms with E-state index in [-0.39, 0.29) is 24.7 Å². The van der Waals surface area contributed by atoms with Crippen LogP contribution in [0.1, 0.15) is 46.1 Å². The van der Waals surface area contributed by atoms with Crippen LogP contribution in [0.25, 0.3) is 0 Å². The minimum absolute atomic E-state index is 0.0374. The minimum Gasteiger partial charge on any atom is -0.482 e. The smallest absolute Gasteiger partial charge is 0.417 e. The fourth-order valence-electron chi connectivity index (χ4n) is 4.69. The van der Waals surface area contributed by atoms with E-state index in [0.29, 0.717) is 18.6 Å². The Labute approximate surface area is 195 Å². The Kier molecular flexibility index (Phi) is 7.74. The summed E-state index contributed by atoms with van der Waals surface area (Å²) in [5, 5.41) is 9.04. The summed E-state index contributed by atoms with van der Waals surface area (Å²) in [6.07, 6.45) is 4.41. The van der Waals surface area contributed by atoms with E-state index < -0.39 is 35.7 Å². The molecule has 0 bridgehead atoms. The highest BCUT2D eigenvalue weighted by Gasteiger charge is 2.54. The Morgan fingerprint density at radius 2 is 1.88 bits per heavy atom. The summed E-state index contributed by atoms with van der Waals surface area (Å²) in [5.41, 5.74) is 0.0192. The number of cyclic esters (lactones) is 1. The Morgan fingerprint density at radius 1 is 1.18 bits per heavy atom. The third kappa shape index (κ3) is 5.53. The first-order valence-corrected chi connectivity index (χ1v) is 11.4. The molecule has 0 aromatic heterocycles. The first kappa shape index (κ1) is 24.7. The number of imide groups is 1. The molecule has 1 aromatic carbocycles. The zero-order valence-electron chi connectivity index (χ0n) is 19.7. The monoisotopic (exact) mass is 455 g/mol. The predicted molar refractivity (Wildman–Crippen MR) is 123 cm³/mol. The van der Waals surface area contributed by atoms with Crippen molar-refractivity contribution in [3.63, 3.8) is 0 Å². The number of allylic oxidation sites excluding steroid dienone is 2. The van der Waals surface area contributed by atoms with E-state index >= 15 is 0 Å². The molecule has 0 saturated carbocycles. The highest BCUT2D eigenvalue weighted by molar-refractivity contribution is 6.02. The zero-order chi connectivity index (χ0) is 24.2. The summed E-state index contributed by atoms with van der Waals surface area (Å²) in [5.74, 6) is -1.27. The van der Waals surface area contributed by atoms with Gasteiger partial charge in [-0.2, -0.15) is 0 Å². The van der Waals surface area contributed by atoms with Crippen LogP contribution < -0.4 is 0 Å². The number of carbonyl (C=O) groups is 3. The van der Waals surface area contributed by atoms with Gasteiger partial charge in [0.25, 0.3) is 0 Å². The molecular formula is C26H33NO6. The Bertz CT molecular complexity index is 933. The maximum Gasteiger partial charge on any atom is 0.417 e. The van der Waals surface area contributed by atoms with Crippen LogP contribution in [0.2, 0.25) is 0 Å². The molecule has 2 amide bonds. The lowest BCUT2D eigenvalue weighted by atomic mass is 9.85. The van der Waals surface area contributed by atoms with Crippen molar-refractivity contribution in [2.45, 2.75) is 64.7 Å². The Morgan fingerprint density at radius 3 is 2.52 bits per heavy atom. The van der Waals surface area contributed by atoms with Crippen molar-refractivity contribution in [3.8, 4) is 0 Å². The number of hydrogen-bond donors (Lipinski definition) is 1. The SMILES string of the molecule is CC(C)C1N(C(=O)C(Cc2ccccc2)C2OC(=CCCCO)C=CC2=O)C(=O)OC1(C)C. The lowest BCUT2D eigenvalue weighted by Gasteiger charge is -2.35. The van der Waals surface area contributed by atoms with Crippen LogP contribution in [0.5, 0.6) is 0 Å². The summed E-state index contributed by atoms with van der Waals surface area (Å²) >= 11 is 0. The molecule has 2 heterocycles. The van der Waals surface area contributed by atoms with Gasteiger partial charge in [0.2, 0.25) is 5.91 Å². The van der Waals surface area contributed by atoms with Gasteiger partial charge >= 0.3 is 6.09 Å². The third-order valence-corrected chi connectivity index (χ3v) is 6.05. The number of ether oxygens (including phenoxy) is 2. The molecule has 0 spiro atoms. The fraction of sp³-hybridized carbons (Fsp3) is 0.500. The quantitative estimate of drug-likeness (QED) is 0.599. The number of aliphatic hydroxyl groups is 1. The van der Waals surface area contributed by atoms with Gasteiger partial charge in [0.15, 0.2) is 11.9 Å². The van der Waals surface area contributed by atoms with Crippen LogP contribution in [0.4, 0.5) is 4.79 Å². The van der Waals surface area contributed by atoms with Crippen molar-refractivity contribution < 1.29 is 29.0 Å². The van der Waals surface area contributed by atoms with Crippen molar-refractivity contribution in [2.75, 3.05) is 6.61 Å². The molecule has 33 heavy (non-hydrogen) atoms. The van der Waals surface area contributed by atoms with Gasteiger partial charge in [-0.05, 0) is 62.8 Å². The van der Waals surface area contributed by atoms with E-state index in [0.717, 1.165) is 5.56 Å². The van der Waals surface area contributed by atoms with Crippen LogP contribution in [0, 0.1) is 11.8 Å². The van der Waals surface area contributed by atoms with E-state index in [2.05, 4.69) is 0 Å². The number of rotatable bonds is 8. The molecule has 2 aliphatic rings. The standard InChI is InChI=1S/C26H33NO6/c1-17(2)23-26(3,4)33-25(31)27(23)24(30)20(16-18-10-6-5-7-11-18)22-21(29)14-13-19(32-22)12-8-9-15-28/h5-7,10-14,17,20,22-23,28H,8-9,15-16H2,1-4H3. The molecule has 3 unspecified atom stereocenters. The third-order valence-electron chi connectivity index (χ3n) is 6.05. The van der Waals surface area contributed by atoms with Crippen molar-refractivity contribution in [3.05, 3.63) is 59.9 Å². The van der Waals surface area contributed by atoms with Gasteiger partial charge in [0.05, 0.1) is 12.0 Å². The van der Waals surface area contributed by atoms with Gasteiger partial charge < -0.3 is 14.6 Å². The van der Waals surface area contributed by atoms with E-state index in [4.69, 9.17) is 14.6 Å². The average molecular weight is 456 g/mol. The van der Waals surface area contributed by atoms with Gasteiger partial charge in [-0.1, -0.05) is 44.2 Å². The zero-order valence-corrected chi connectivity index (χ0v) is 19.7. The van der Waals surface area contributed by atoms with Crippen LogP contribution in [-0.2, 0) is 25.5 Å². The largest absolute Gasteiger partial charge is 0.482 e. The predicted octanol–water partition coefficient (Wildman–Crippen LogP) is 3.81. The summed E-state index contributed by atoms with van der Waals surface area (Å²) in [6, 6.07) is 8.91. The van der Waals surface area contributed by atoms with Crippen molar-refractivity contribution in [1.29, 1.82) is 0 Å². The van der Waals surface area contributed by atoms with Gasteiger partial charge in [0.1, 0.15) is 11.4 Å². The molecule has 3 atom stereocenters. The van der Waals surface area contributed by atoms with Crippen LogP contribution in [0.15, 0.2) is 54.3 Å². The van der Waals surface area contributed by atoms with Crippen molar-refractivity contribution in [2.24, 2.45) is 11.8 Å². The maximum atomic E-state index is 13.9. The van der Waals surface area contributed by atoms with Crippen LogP contribution in [0.3, 0.4) is 0 Å². The first-order chi connectivity index (χ1) is 15.7. The summed E-state index contributed by atoms with van der Waals surface area (Å²) in [6.45, 7) is 7.51. The molecule has 3 rings (SSSR count). The lowest BCUT2D eigenvalue weighted by Crippen LogP contribution is -2.53. The fourth-order valence-corrected chi connectivity index (χ4v) is 4.69. The van der Waals surface area contributed by atoms with Crippen LogP contribution in [-0.4, -0.2) is 52.1 Å². The number of carbonyl (C=O) groups excluding carboxylic acids is 3. The van der Waals surface area contributed by atoms with E-state index in [1.54, 1.807) is 26.0 Å². The molecule has 1 N–H and O–H groups in total. The number of ketones is 1. The van der Waals surface area contributed by atoms with Gasteiger partial charge in [-0.3, -0.25) is 9.59 Å². The topological polar surface area (TPSA) is 93.1 Å². The molecule has 178 valence electrons. The molecule has 1 fully saturated rings. The van der Waals surface area contributed by atoms with Gasteiger partial charge in [0, 0.05) is 6.61 Å². The van der Waals surface area contributed by atoms with Gasteiger partial charge in [-0.25, -0.2) is 9.69 Å². The molecule has 2 aliphatic heterocycles. The van der Waals surface area contributed by atoms with E-state index in [1.807, 2.05) is 44.2 Å². The number of aliphatic hydroxyl groups excluding tert-OH is 1. The normalized spacial score (nSPS) is 24.2. The Hall–Kier alpha value is -2.93. The first-order valence-electron chi connectivity index (χ1n) is 11.4. The second-order valence-electron chi connectivity index (χ2n) is 9.41. The molecule has 0 aliphatic carbocycles. The summed E-state index contributed by atoms with van der Waals surface area (Å²) in [4.78, 5) is 40.8.